The molecule has 4 aliphatic carbocycles. The topological polar surface area (TPSA) is 89.9 Å². The minimum Gasteiger partial charge on any atom is -0.462 e. The highest BCUT2D eigenvalue weighted by molar-refractivity contribution is 5.86. The van der Waals surface area contributed by atoms with E-state index in [0.717, 1.165) is 51.4 Å². The van der Waals surface area contributed by atoms with E-state index < -0.39 is 11.7 Å². The van der Waals surface area contributed by atoms with Crippen LogP contribution in [0.2, 0.25) is 0 Å². The van der Waals surface area contributed by atoms with Crippen LogP contribution in [0.1, 0.15) is 127 Å². The molecule has 0 amide bonds. The van der Waals surface area contributed by atoms with Gasteiger partial charge in [0.05, 0.1) is 0 Å². The number of carbonyl (C=O) groups is 3. The number of rotatable bonds is 7. The molecular formula is C34H54O6. The van der Waals surface area contributed by atoms with Crippen LogP contribution in [0.25, 0.3) is 0 Å². The number of ether oxygens (including phenoxy) is 2. The third kappa shape index (κ3) is 4.88. The number of Topliss-reactive ketones (excluding diaryl/α,β-unsaturated/α-hetero) is 1. The standard InChI is InChI=1S/C34H54O6/c1-20(26(39-21(2)35)19-28(37)31(6,7)38)23-13-17-34(10)25-11-12-27-30(4,5)29(40-22(3)36)15-16-32(27,8)24(25)14-18-33(23,34)9/h20,23,26-27,29,38H,11-19H2,1-10H3/t20-,23+,26?,27?,29-,32+,33+,34-/m0/s1. The van der Waals surface area contributed by atoms with E-state index in [0.29, 0.717) is 11.8 Å². The average Bonchev–Trinajstić information content (AvgIpc) is 3.10. The van der Waals surface area contributed by atoms with Gasteiger partial charge >= 0.3 is 11.9 Å². The Balaban J connectivity index is 1.65. The molecule has 6 heteroatoms. The molecule has 40 heavy (non-hydrogen) atoms. The molecule has 6 nitrogen and oxygen atoms in total. The molecule has 1 N–H and O–H groups in total. The van der Waals surface area contributed by atoms with Crippen LogP contribution in [0.5, 0.6) is 0 Å². The fourth-order valence-corrected chi connectivity index (χ4v) is 10.2. The van der Waals surface area contributed by atoms with Crippen LogP contribution in [-0.2, 0) is 23.9 Å². The summed E-state index contributed by atoms with van der Waals surface area (Å²) in [4.78, 5) is 36.8. The lowest BCUT2D eigenvalue weighted by Crippen LogP contribution is -2.56. The molecule has 2 unspecified atom stereocenters. The molecule has 4 rings (SSSR count). The van der Waals surface area contributed by atoms with E-state index in [1.165, 1.54) is 27.7 Å². The second-order valence-corrected chi connectivity index (χ2v) is 15.5. The number of hydrogen-bond donors (Lipinski definition) is 1. The van der Waals surface area contributed by atoms with Gasteiger partial charge < -0.3 is 14.6 Å². The Labute approximate surface area is 242 Å². The highest BCUT2D eigenvalue weighted by Gasteiger charge is 2.64. The van der Waals surface area contributed by atoms with Crippen molar-refractivity contribution in [2.45, 2.75) is 145 Å². The number of carbonyl (C=O) groups excluding carboxylic acids is 3. The van der Waals surface area contributed by atoms with Gasteiger partial charge in [-0.15, -0.1) is 0 Å². The molecular weight excluding hydrogens is 504 g/mol. The molecule has 0 radical (unpaired) electrons. The molecule has 0 bridgehead atoms. The first kappa shape index (κ1) is 31.3. The Morgan fingerprint density at radius 2 is 1.57 bits per heavy atom. The summed E-state index contributed by atoms with van der Waals surface area (Å²) >= 11 is 0. The smallest absolute Gasteiger partial charge is 0.302 e. The maximum absolute atomic E-state index is 12.8. The number of aliphatic hydroxyl groups is 1. The molecule has 2 fully saturated rings. The van der Waals surface area contributed by atoms with Gasteiger partial charge in [0, 0.05) is 25.7 Å². The average molecular weight is 559 g/mol. The summed E-state index contributed by atoms with van der Waals surface area (Å²) in [6.45, 7) is 20.1. The van der Waals surface area contributed by atoms with Crippen molar-refractivity contribution >= 4 is 17.7 Å². The lowest BCUT2D eigenvalue weighted by atomic mass is 9.43. The zero-order chi connectivity index (χ0) is 30.1. The molecule has 8 atom stereocenters. The Hall–Kier alpha value is -1.69. The first-order chi connectivity index (χ1) is 18.3. The van der Waals surface area contributed by atoms with E-state index in [1.54, 1.807) is 11.1 Å². The first-order valence-corrected chi connectivity index (χ1v) is 15.6. The summed E-state index contributed by atoms with van der Waals surface area (Å²) in [5.74, 6) is -0.0502. The van der Waals surface area contributed by atoms with Gasteiger partial charge in [-0.3, -0.25) is 14.4 Å². The summed E-state index contributed by atoms with van der Waals surface area (Å²) in [7, 11) is 0. The molecule has 0 spiro atoms. The monoisotopic (exact) mass is 558 g/mol. The third-order valence-corrected chi connectivity index (χ3v) is 12.7. The zero-order valence-corrected chi connectivity index (χ0v) is 26.7. The van der Waals surface area contributed by atoms with Crippen molar-refractivity contribution in [3.05, 3.63) is 11.1 Å². The van der Waals surface area contributed by atoms with Gasteiger partial charge in [-0.05, 0) is 99.2 Å². The predicted octanol–water partition coefficient (Wildman–Crippen LogP) is 6.97. The van der Waals surface area contributed by atoms with Crippen molar-refractivity contribution in [2.24, 2.45) is 39.4 Å². The largest absolute Gasteiger partial charge is 0.462 e. The van der Waals surface area contributed by atoms with Gasteiger partial charge in [0.2, 0.25) is 0 Å². The number of esters is 2. The lowest BCUT2D eigenvalue weighted by molar-refractivity contribution is -0.167. The van der Waals surface area contributed by atoms with Crippen LogP contribution in [0, 0.1) is 39.4 Å². The van der Waals surface area contributed by atoms with Crippen LogP contribution < -0.4 is 0 Å². The Kier molecular flexibility index (Phi) is 8.00. The molecule has 226 valence electrons. The number of fused-ring (bicyclic) bond motifs is 4. The minimum atomic E-state index is -1.45. The van der Waals surface area contributed by atoms with Gasteiger partial charge in [0.15, 0.2) is 5.78 Å². The molecule has 0 aliphatic heterocycles. The highest BCUT2D eigenvalue weighted by Crippen LogP contribution is 2.72. The summed E-state index contributed by atoms with van der Waals surface area (Å²) in [6.07, 6.45) is 7.93. The van der Waals surface area contributed by atoms with Crippen molar-refractivity contribution in [3.8, 4) is 0 Å². The molecule has 4 aliphatic rings. The SMILES string of the molecule is CC(=O)OC(CC(=O)C(C)(C)O)[C@@H](C)[C@H]1CC[C@@]2(C)C3=C(CC[C@]12C)[C@@]1(C)CC[C@H](OC(C)=O)C(C)(C)C1CC3. The highest BCUT2D eigenvalue weighted by atomic mass is 16.5. The van der Waals surface area contributed by atoms with E-state index in [4.69, 9.17) is 9.47 Å². The lowest BCUT2D eigenvalue weighted by Gasteiger charge is -2.62. The van der Waals surface area contributed by atoms with E-state index in [9.17, 15) is 19.5 Å². The predicted molar refractivity (Wildman–Crippen MR) is 155 cm³/mol. The zero-order valence-electron chi connectivity index (χ0n) is 26.7. The van der Waals surface area contributed by atoms with Crippen molar-refractivity contribution in [3.63, 3.8) is 0 Å². The first-order valence-electron chi connectivity index (χ1n) is 15.6. The van der Waals surface area contributed by atoms with Crippen LogP contribution in [0.15, 0.2) is 11.1 Å². The fraction of sp³-hybridized carbons (Fsp3) is 0.853. The molecule has 0 saturated heterocycles. The van der Waals surface area contributed by atoms with Gasteiger partial charge in [-0.1, -0.05) is 52.7 Å². The molecule has 0 aromatic rings. The van der Waals surface area contributed by atoms with Crippen molar-refractivity contribution in [1.29, 1.82) is 0 Å². The number of allylic oxidation sites excluding steroid dienone is 2. The van der Waals surface area contributed by atoms with Crippen LogP contribution in [0.4, 0.5) is 0 Å². The maximum atomic E-state index is 12.8. The fourth-order valence-electron chi connectivity index (χ4n) is 10.2. The van der Waals surface area contributed by atoms with Crippen LogP contribution in [0.3, 0.4) is 0 Å². The normalized spacial score (nSPS) is 38.4. The van der Waals surface area contributed by atoms with Crippen molar-refractivity contribution in [1.82, 2.24) is 0 Å². The van der Waals surface area contributed by atoms with Crippen LogP contribution >= 0.6 is 0 Å². The summed E-state index contributed by atoms with van der Waals surface area (Å²) in [5.41, 5.74) is 2.01. The molecule has 0 aromatic heterocycles. The summed E-state index contributed by atoms with van der Waals surface area (Å²) in [6, 6.07) is 0. The van der Waals surface area contributed by atoms with Crippen molar-refractivity contribution in [2.75, 3.05) is 0 Å². The minimum absolute atomic E-state index is 0.00852. The van der Waals surface area contributed by atoms with Gasteiger partial charge in [-0.2, -0.15) is 0 Å². The van der Waals surface area contributed by atoms with E-state index in [-0.39, 0.29) is 57.8 Å². The number of ketones is 1. The molecule has 0 heterocycles. The Bertz CT molecular complexity index is 1080. The summed E-state index contributed by atoms with van der Waals surface area (Å²) < 4.78 is 11.6. The quantitative estimate of drug-likeness (QED) is 0.268. The van der Waals surface area contributed by atoms with E-state index >= 15 is 0 Å². The molecule has 2 saturated carbocycles. The third-order valence-electron chi connectivity index (χ3n) is 12.7. The number of hydrogen-bond acceptors (Lipinski definition) is 6. The second kappa shape index (κ2) is 10.2. The maximum Gasteiger partial charge on any atom is 0.302 e. The summed E-state index contributed by atoms with van der Waals surface area (Å²) in [5, 5.41) is 10.3. The van der Waals surface area contributed by atoms with Crippen LogP contribution in [-0.4, -0.2) is 40.6 Å². The van der Waals surface area contributed by atoms with Gasteiger partial charge in [0.25, 0.3) is 0 Å². The van der Waals surface area contributed by atoms with Crippen molar-refractivity contribution < 1.29 is 29.0 Å². The van der Waals surface area contributed by atoms with E-state index in [1.807, 2.05) is 0 Å². The molecule has 0 aromatic carbocycles. The Morgan fingerprint density at radius 3 is 2.15 bits per heavy atom. The Morgan fingerprint density at radius 1 is 0.925 bits per heavy atom. The van der Waals surface area contributed by atoms with Gasteiger partial charge in [-0.25, -0.2) is 0 Å². The van der Waals surface area contributed by atoms with Gasteiger partial charge in [0.1, 0.15) is 17.8 Å². The van der Waals surface area contributed by atoms with E-state index in [2.05, 4.69) is 41.5 Å². The second-order valence-electron chi connectivity index (χ2n) is 15.5.